The smallest absolute Gasteiger partial charge is 0.251 e. The van der Waals surface area contributed by atoms with Gasteiger partial charge in [0.05, 0.1) is 11.8 Å². The number of carbonyl (C=O) groups excluding carboxylic acids is 1. The average molecular weight is 237 g/mol. The van der Waals surface area contributed by atoms with Gasteiger partial charge in [-0.1, -0.05) is 0 Å². The molecule has 1 heterocycles. The summed E-state index contributed by atoms with van der Waals surface area (Å²) >= 11 is 0. The van der Waals surface area contributed by atoms with Crippen molar-refractivity contribution in [2.24, 2.45) is 5.73 Å². The van der Waals surface area contributed by atoms with E-state index >= 15 is 0 Å². The van der Waals surface area contributed by atoms with E-state index in [1.165, 1.54) is 0 Å². The lowest BCUT2D eigenvalue weighted by molar-refractivity contribution is 0.0695. The summed E-state index contributed by atoms with van der Waals surface area (Å²) in [5.41, 5.74) is 6.74. The van der Waals surface area contributed by atoms with Crippen molar-refractivity contribution in [3.05, 3.63) is 29.6 Å². The molecule has 0 aliphatic heterocycles. The zero-order valence-corrected chi connectivity index (χ0v) is 10.3. The normalized spacial score (nSPS) is 12.2. The number of amides is 1. The number of carbonyl (C=O) groups is 1. The first-order valence-electron chi connectivity index (χ1n) is 5.72. The van der Waals surface area contributed by atoms with Crippen LogP contribution in [0.4, 0.5) is 0 Å². The minimum absolute atomic E-state index is 0.0137. The number of ether oxygens (including phenoxy) is 1. The fourth-order valence-electron chi connectivity index (χ4n) is 1.41. The minimum atomic E-state index is -0.131. The van der Waals surface area contributed by atoms with Crippen LogP contribution in [-0.4, -0.2) is 30.1 Å². The summed E-state index contributed by atoms with van der Waals surface area (Å²) in [6, 6.07) is 3.36. The Morgan fingerprint density at radius 1 is 1.65 bits per heavy atom. The molecule has 1 unspecified atom stereocenters. The average Bonchev–Trinajstić information content (AvgIpc) is 2.36. The van der Waals surface area contributed by atoms with Crippen molar-refractivity contribution >= 4 is 5.91 Å². The van der Waals surface area contributed by atoms with Crippen LogP contribution in [0.25, 0.3) is 0 Å². The number of nitrogens with two attached hydrogens (primary N) is 1. The van der Waals surface area contributed by atoms with Crippen LogP contribution in [0, 0.1) is 0 Å². The molecular formula is C12H19N3O2. The molecule has 1 rings (SSSR count). The molecule has 5 nitrogen and oxygen atoms in total. The molecule has 0 saturated carbocycles. The molecule has 0 spiro atoms. The fraction of sp³-hybridized carbons (Fsp3) is 0.500. The van der Waals surface area contributed by atoms with E-state index in [0.29, 0.717) is 31.0 Å². The molecule has 0 fully saturated rings. The maximum Gasteiger partial charge on any atom is 0.251 e. The maximum absolute atomic E-state index is 11.8. The van der Waals surface area contributed by atoms with Gasteiger partial charge in [0.15, 0.2) is 0 Å². The Morgan fingerprint density at radius 3 is 3.06 bits per heavy atom. The second-order valence-corrected chi connectivity index (χ2v) is 3.72. The van der Waals surface area contributed by atoms with E-state index in [0.717, 1.165) is 0 Å². The highest BCUT2D eigenvalue weighted by molar-refractivity contribution is 5.94. The van der Waals surface area contributed by atoms with Gasteiger partial charge in [0.25, 0.3) is 5.91 Å². The molecular weight excluding hydrogens is 218 g/mol. The summed E-state index contributed by atoms with van der Waals surface area (Å²) in [6.45, 7) is 5.31. The van der Waals surface area contributed by atoms with Gasteiger partial charge in [-0.2, -0.15) is 0 Å². The molecule has 5 heteroatoms. The number of rotatable bonds is 6. The van der Waals surface area contributed by atoms with E-state index in [1.807, 2.05) is 13.8 Å². The van der Waals surface area contributed by atoms with Gasteiger partial charge in [0.1, 0.15) is 0 Å². The van der Waals surface area contributed by atoms with Gasteiger partial charge in [-0.05, 0) is 26.0 Å². The van der Waals surface area contributed by atoms with Gasteiger partial charge in [-0.15, -0.1) is 0 Å². The van der Waals surface area contributed by atoms with Crippen molar-refractivity contribution in [2.75, 3.05) is 13.2 Å². The third-order valence-corrected chi connectivity index (χ3v) is 2.29. The van der Waals surface area contributed by atoms with Gasteiger partial charge in [0, 0.05) is 31.5 Å². The van der Waals surface area contributed by atoms with Crippen LogP contribution in [0.5, 0.6) is 0 Å². The lowest BCUT2D eigenvalue weighted by atomic mass is 10.2. The largest absolute Gasteiger partial charge is 0.377 e. The highest BCUT2D eigenvalue weighted by atomic mass is 16.5. The van der Waals surface area contributed by atoms with E-state index in [-0.39, 0.29) is 12.0 Å². The summed E-state index contributed by atoms with van der Waals surface area (Å²) in [5.74, 6) is -0.131. The quantitative estimate of drug-likeness (QED) is 0.763. The minimum Gasteiger partial charge on any atom is -0.377 e. The zero-order valence-electron chi connectivity index (χ0n) is 10.3. The Kier molecular flexibility index (Phi) is 5.59. The number of hydrogen-bond acceptors (Lipinski definition) is 4. The predicted molar refractivity (Wildman–Crippen MR) is 65.5 cm³/mol. The summed E-state index contributed by atoms with van der Waals surface area (Å²) in [7, 11) is 0. The van der Waals surface area contributed by atoms with E-state index in [4.69, 9.17) is 10.5 Å². The molecule has 1 aromatic rings. The lowest BCUT2D eigenvalue weighted by Gasteiger charge is -2.12. The first-order chi connectivity index (χ1) is 8.17. The summed E-state index contributed by atoms with van der Waals surface area (Å²) in [6.07, 6.45) is 1.60. The Morgan fingerprint density at radius 2 is 2.41 bits per heavy atom. The van der Waals surface area contributed by atoms with Crippen LogP contribution < -0.4 is 11.1 Å². The van der Waals surface area contributed by atoms with Crippen molar-refractivity contribution in [3.63, 3.8) is 0 Å². The zero-order chi connectivity index (χ0) is 12.7. The predicted octanol–water partition coefficient (Wildman–Crippen LogP) is 0.695. The monoisotopic (exact) mass is 237 g/mol. The van der Waals surface area contributed by atoms with Crippen LogP contribution in [0.1, 0.15) is 29.9 Å². The molecule has 17 heavy (non-hydrogen) atoms. The van der Waals surface area contributed by atoms with Crippen LogP contribution in [0.2, 0.25) is 0 Å². The molecule has 0 aliphatic rings. The molecule has 0 radical (unpaired) electrons. The third kappa shape index (κ3) is 4.50. The highest BCUT2D eigenvalue weighted by Crippen LogP contribution is 2.01. The Balaban J connectivity index is 2.51. The molecule has 0 bridgehead atoms. The number of nitrogens with one attached hydrogen (secondary N) is 1. The van der Waals surface area contributed by atoms with Crippen LogP contribution in [-0.2, 0) is 11.3 Å². The van der Waals surface area contributed by atoms with Gasteiger partial charge in [-0.3, -0.25) is 9.78 Å². The lowest BCUT2D eigenvalue weighted by Crippen LogP contribution is -2.32. The first kappa shape index (κ1) is 13.6. The van der Waals surface area contributed by atoms with Gasteiger partial charge in [-0.25, -0.2) is 0 Å². The van der Waals surface area contributed by atoms with Crippen molar-refractivity contribution in [3.8, 4) is 0 Å². The molecule has 1 amide bonds. The van der Waals surface area contributed by atoms with Gasteiger partial charge >= 0.3 is 0 Å². The molecule has 94 valence electrons. The number of nitrogens with zero attached hydrogens (tertiary/aromatic N) is 1. The van der Waals surface area contributed by atoms with Crippen LogP contribution >= 0.6 is 0 Å². The summed E-state index contributed by atoms with van der Waals surface area (Å²) in [4.78, 5) is 15.8. The van der Waals surface area contributed by atoms with Crippen molar-refractivity contribution in [1.82, 2.24) is 10.3 Å². The summed E-state index contributed by atoms with van der Waals surface area (Å²) < 4.78 is 5.33. The highest BCUT2D eigenvalue weighted by Gasteiger charge is 2.08. The van der Waals surface area contributed by atoms with Gasteiger partial charge in [0.2, 0.25) is 0 Å². The molecule has 1 aromatic heterocycles. The second kappa shape index (κ2) is 6.98. The SMILES string of the molecule is CCOC(C)CNC(=O)c1ccnc(CN)c1. The molecule has 0 aromatic carbocycles. The molecule has 0 aliphatic carbocycles. The van der Waals surface area contributed by atoms with Crippen LogP contribution in [0.3, 0.4) is 0 Å². The number of hydrogen-bond donors (Lipinski definition) is 2. The fourth-order valence-corrected chi connectivity index (χ4v) is 1.41. The molecule has 3 N–H and O–H groups in total. The Labute approximate surface area is 101 Å². The van der Waals surface area contributed by atoms with Crippen molar-refractivity contribution in [2.45, 2.75) is 26.5 Å². The van der Waals surface area contributed by atoms with E-state index in [2.05, 4.69) is 10.3 Å². The van der Waals surface area contributed by atoms with Crippen LogP contribution in [0.15, 0.2) is 18.3 Å². The van der Waals surface area contributed by atoms with Gasteiger partial charge < -0.3 is 15.8 Å². The Bertz CT molecular complexity index is 369. The number of pyridine rings is 1. The molecule has 0 saturated heterocycles. The van der Waals surface area contributed by atoms with Crippen molar-refractivity contribution in [1.29, 1.82) is 0 Å². The second-order valence-electron chi connectivity index (χ2n) is 3.72. The topological polar surface area (TPSA) is 77.2 Å². The maximum atomic E-state index is 11.8. The third-order valence-electron chi connectivity index (χ3n) is 2.29. The molecule has 1 atom stereocenters. The Hall–Kier alpha value is -1.46. The standard InChI is InChI=1S/C12H19N3O2/c1-3-17-9(2)8-15-12(16)10-4-5-14-11(6-10)7-13/h4-6,9H,3,7-8,13H2,1-2H3,(H,15,16). The van der Waals surface area contributed by atoms with Crippen molar-refractivity contribution < 1.29 is 9.53 Å². The summed E-state index contributed by atoms with van der Waals surface area (Å²) in [5, 5.41) is 2.80. The van der Waals surface area contributed by atoms with E-state index in [1.54, 1.807) is 18.3 Å². The first-order valence-corrected chi connectivity index (χ1v) is 5.72. The van der Waals surface area contributed by atoms with E-state index in [9.17, 15) is 4.79 Å². The van der Waals surface area contributed by atoms with E-state index < -0.39 is 0 Å². The number of aromatic nitrogens is 1.